The quantitative estimate of drug-likeness (QED) is 0.230. The van der Waals surface area contributed by atoms with Crippen molar-refractivity contribution in [2.45, 2.75) is 47.5 Å². The number of hydrogen-bond acceptors (Lipinski definition) is 10. The predicted octanol–water partition coefficient (Wildman–Crippen LogP) is 4.99. The van der Waals surface area contributed by atoms with E-state index in [1.807, 2.05) is 18.4 Å². The van der Waals surface area contributed by atoms with Gasteiger partial charge in [0.15, 0.2) is 17.3 Å². The second kappa shape index (κ2) is 13.8. The van der Waals surface area contributed by atoms with Gasteiger partial charge in [0.2, 0.25) is 27.3 Å². The van der Waals surface area contributed by atoms with E-state index in [1.165, 1.54) is 44.2 Å². The molecule has 14 heteroatoms. The van der Waals surface area contributed by atoms with Crippen molar-refractivity contribution in [3.63, 3.8) is 0 Å². The average Bonchev–Trinajstić information content (AvgIpc) is 3.38. The van der Waals surface area contributed by atoms with Crippen molar-refractivity contribution >= 4 is 50.9 Å². The standard InChI is InChI=1S/C34H35ClN2O9S2/c1-18-15-24(38)28(32(40)34(18)33(41)29-25(44-2)17-26(45-3)30(35)31(29)46-34)23(20-7-9-21(47-4)10-8-20)16-27(39)37-14-13-19-5-11-22(12-6-19)48(36,42)43/h5-12,17-18,23,40H,13-16H2,1-4H3,(H,37,39)(H2,36,42,43). The molecule has 0 saturated heterocycles. The zero-order valence-electron chi connectivity index (χ0n) is 26.7. The highest BCUT2D eigenvalue weighted by Crippen LogP contribution is 2.55. The van der Waals surface area contributed by atoms with Crippen molar-refractivity contribution in [2.75, 3.05) is 27.0 Å². The predicted molar refractivity (Wildman–Crippen MR) is 181 cm³/mol. The minimum atomic E-state index is -3.83. The summed E-state index contributed by atoms with van der Waals surface area (Å²) in [7, 11) is -1.05. The molecular weight excluding hydrogens is 680 g/mol. The van der Waals surface area contributed by atoms with E-state index in [2.05, 4.69) is 5.32 Å². The molecule has 254 valence electrons. The molecule has 3 aromatic carbocycles. The lowest BCUT2D eigenvalue weighted by molar-refractivity contribution is -0.121. The van der Waals surface area contributed by atoms with Crippen LogP contribution in [-0.4, -0.2) is 63.6 Å². The summed E-state index contributed by atoms with van der Waals surface area (Å²) >= 11 is 8.10. The average molecular weight is 715 g/mol. The number of nitrogens with two attached hydrogens (primary N) is 1. The van der Waals surface area contributed by atoms with Gasteiger partial charge in [-0.05, 0) is 48.1 Å². The molecule has 3 aromatic rings. The highest BCUT2D eigenvalue weighted by Gasteiger charge is 2.61. The number of ether oxygens (including phenoxy) is 3. The van der Waals surface area contributed by atoms with E-state index in [0.29, 0.717) is 12.0 Å². The topological polar surface area (TPSA) is 171 Å². The number of rotatable bonds is 11. The molecule has 0 aromatic heterocycles. The van der Waals surface area contributed by atoms with Crippen LogP contribution in [0.5, 0.6) is 17.2 Å². The largest absolute Gasteiger partial charge is 0.507 e. The zero-order valence-corrected chi connectivity index (χ0v) is 29.1. The molecular formula is C34H35ClN2O9S2. The number of carbonyl (C=O) groups is 3. The van der Waals surface area contributed by atoms with Gasteiger partial charge in [0.25, 0.3) is 0 Å². The van der Waals surface area contributed by atoms with Crippen molar-refractivity contribution in [3.8, 4) is 17.2 Å². The van der Waals surface area contributed by atoms with Crippen LogP contribution in [0.15, 0.2) is 75.7 Å². The van der Waals surface area contributed by atoms with Crippen molar-refractivity contribution in [1.29, 1.82) is 0 Å². The highest BCUT2D eigenvalue weighted by atomic mass is 35.5. The van der Waals surface area contributed by atoms with Crippen molar-refractivity contribution in [3.05, 3.63) is 87.6 Å². The second-order valence-corrected chi connectivity index (χ2v) is 14.4. The number of hydrogen-bond donors (Lipinski definition) is 3. The molecule has 1 aliphatic carbocycles. The first-order valence-electron chi connectivity index (χ1n) is 14.9. The molecule has 0 bridgehead atoms. The number of allylic oxidation sites excluding steroid dienone is 1. The lowest BCUT2D eigenvalue weighted by Gasteiger charge is -2.38. The summed E-state index contributed by atoms with van der Waals surface area (Å²) < 4.78 is 40.2. The van der Waals surface area contributed by atoms with Gasteiger partial charge in [-0.2, -0.15) is 0 Å². The molecule has 2 aliphatic rings. The molecule has 0 fully saturated rings. The number of primary sulfonamides is 1. The fraction of sp³-hybridized carbons (Fsp3) is 0.324. The van der Waals surface area contributed by atoms with Gasteiger partial charge in [0.1, 0.15) is 22.1 Å². The van der Waals surface area contributed by atoms with Crippen LogP contribution in [0.25, 0.3) is 0 Å². The summed E-state index contributed by atoms with van der Waals surface area (Å²) in [6, 6.07) is 14.7. The number of benzene rings is 3. The third-order valence-corrected chi connectivity index (χ3v) is 10.8. The van der Waals surface area contributed by atoms with E-state index in [0.717, 1.165) is 10.5 Å². The summed E-state index contributed by atoms with van der Waals surface area (Å²) in [5.74, 6) is -3.45. The van der Waals surface area contributed by atoms with Crippen LogP contribution >= 0.6 is 23.4 Å². The van der Waals surface area contributed by atoms with E-state index in [4.69, 9.17) is 31.0 Å². The minimum Gasteiger partial charge on any atom is -0.507 e. The Kier molecular flexibility index (Phi) is 10.2. The monoisotopic (exact) mass is 714 g/mol. The number of sulfonamides is 1. The number of Topliss-reactive ketones (excluding diaryl/α,β-unsaturated/α-hetero) is 2. The van der Waals surface area contributed by atoms with Crippen LogP contribution in [-0.2, 0) is 26.0 Å². The summed E-state index contributed by atoms with van der Waals surface area (Å²) in [4.78, 5) is 42.4. The fourth-order valence-electron chi connectivity index (χ4n) is 6.21. The highest BCUT2D eigenvalue weighted by molar-refractivity contribution is 7.98. The van der Waals surface area contributed by atoms with E-state index in [1.54, 1.807) is 31.2 Å². The molecule has 0 radical (unpaired) electrons. The summed E-state index contributed by atoms with van der Waals surface area (Å²) in [6.45, 7) is 1.85. The van der Waals surface area contributed by atoms with E-state index in [-0.39, 0.29) is 57.7 Å². The summed E-state index contributed by atoms with van der Waals surface area (Å²) in [5, 5.41) is 20.1. The number of fused-ring (bicyclic) bond motifs is 1. The molecule has 1 spiro atoms. The zero-order chi connectivity index (χ0) is 35.0. The number of ketones is 2. The normalized spacial score (nSPS) is 19.6. The first-order chi connectivity index (χ1) is 22.8. The van der Waals surface area contributed by atoms with Gasteiger partial charge in [0, 0.05) is 47.8 Å². The number of halogens is 1. The smallest absolute Gasteiger partial charge is 0.238 e. The Morgan fingerprint density at radius 1 is 1.12 bits per heavy atom. The molecule has 1 amide bonds. The van der Waals surface area contributed by atoms with Gasteiger partial charge in [0.05, 0.1) is 19.1 Å². The first-order valence-corrected chi connectivity index (χ1v) is 18.1. The number of carbonyl (C=O) groups excluding carboxylic acids is 3. The Morgan fingerprint density at radius 3 is 2.35 bits per heavy atom. The van der Waals surface area contributed by atoms with Crippen molar-refractivity contribution in [1.82, 2.24) is 5.32 Å². The number of amides is 1. The molecule has 3 atom stereocenters. The number of aliphatic hydroxyl groups excluding tert-OH is 1. The number of nitrogens with one attached hydrogen (secondary N) is 1. The maximum absolute atomic E-state index is 14.3. The van der Waals surface area contributed by atoms with E-state index < -0.39 is 50.7 Å². The Bertz CT molecular complexity index is 1910. The van der Waals surface area contributed by atoms with Gasteiger partial charge >= 0.3 is 0 Å². The minimum absolute atomic E-state index is 0.0137. The third-order valence-electron chi connectivity index (χ3n) is 8.76. The van der Waals surface area contributed by atoms with Crippen molar-refractivity contribution in [2.24, 2.45) is 11.1 Å². The molecule has 3 unspecified atom stereocenters. The molecule has 0 saturated carbocycles. The van der Waals surface area contributed by atoms with Gasteiger partial charge in [-0.25, -0.2) is 13.6 Å². The Hall–Kier alpha value is -4.04. The number of thioether (sulfide) groups is 1. The Balaban J connectivity index is 1.50. The van der Waals surface area contributed by atoms with Gasteiger partial charge < -0.3 is 24.6 Å². The van der Waals surface area contributed by atoms with E-state index >= 15 is 0 Å². The fourth-order valence-corrected chi connectivity index (χ4v) is 7.40. The lowest BCUT2D eigenvalue weighted by atomic mass is 9.69. The van der Waals surface area contributed by atoms with Crippen LogP contribution in [0, 0.1) is 5.92 Å². The molecule has 1 heterocycles. The van der Waals surface area contributed by atoms with Crippen molar-refractivity contribution < 1.29 is 42.1 Å². The van der Waals surface area contributed by atoms with Crippen LogP contribution in [0.4, 0.5) is 0 Å². The Morgan fingerprint density at radius 2 is 1.77 bits per heavy atom. The van der Waals surface area contributed by atoms with Crippen LogP contribution in [0.3, 0.4) is 0 Å². The van der Waals surface area contributed by atoms with Gasteiger partial charge in [-0.1, -0.05) is 42.8 Å². The van der Waals surface area contributed by atoms with Crippen LogP contribution in [0.1, 0.15) is 47.2 Å². The molecule has 11 nitrogen and oxygen atoms in total. The maximum atomic E-state index is 14.3. The summed E-state index contributed by atoms with van der Waals surface area (Å²) in [5.41, 5.74) is -0.714. The molecule has 1 aliphatic heterocycles. The SMILES string of the molecule is COc1cc(OC)c2c(c1Cl)OC1(C2=O)C(O)=C(C(CC(=O)NCCc2ccc(S(N)(=O)=O)cc2)c2ccc(SC)cc2)C(=O)CC1C. The number of aliphatic hydroxyl groups is 1. The van der Waals surface area contributed by atoms with Gasteiger partial charge in [-0.15, -0.1) is 11.8 Å². The summed E-state index contributed by atoms with van der Waals surface area (Å²) in [6.07, 6.45) is 1.94. The third kappa shape index (κ3) is 6.39. The van der Waals surface area contributed by atoms with Gasteiger partial charge in [-0.3, -0.25) is 14.4 Å². The van der Waals surface area contributed by atoms with E-state index in [9.17, 15) is 27.9 Å². The molecule has 5 rings (SSSR count). The molecule has 48 heavy (non-hydrogen) atoms. The molecule has 4 N–H and O–H groups in total. The van der Waals surface area contributed by atoms with Crippen LogP contribution in [0.2, 0.25) is 5.02 Å². The number of methoxy groups -OCH3 is 2. The Labute approximate surface area is 287 Å². The first kappa shape index (κ1) is 35.3. The van der Waals surface area contributed by atoms with Crippen LogP contribution < -0.4 is 24.7 Å². The second-order valence-electron chi connectivity index (χ2n) is 11.6. The lowest BCUT2D eigenvalue weighted by Crippen LogP contribution is -2.53. The maximum Gasteiger partial charge on any atom is 0.238 e.